The van der Waals surface area contributed by atoms with E-state index in [-0.39, 0.29) is 19.6 Å². The Bertz CT molecular complexity index is 766. The summed E-state index contributed by atoms with van der Waals surface area (Å²) in [6.07, 6.45) is 0.145. The third-order valence-corrected chi connectivity index (χ3v) is 4.40. The Morgan fingerprint density at radius 3 is 2.48 bits per heavy atom. The van der Waals surface area contributed by atoms with Gasteiger partial charge in [-0.05, 0) is 17.2 Å². The van der Waals surface area contributed by atoms with Gasteiger partial charge in [0.05, 0.1) is 11.7 Å². The number of benzene rings is 1. The Balaban J connectivity index is 1.94. The lowest BCUT2D eigenvalue weighted by molar-refractivity contribution is 0.0632. The van der Waals surface area contributed by atoms with Crippen molar-refractivity contribution in [2.24, 2.45) is 0 Å². The van der Waals surface area contributed by atoms with Crippen molar-refractivity contribution in [3.05, 3.63) is 65.5 Å². The summed E-state index contributed by atoms with van der Waals surface area (Å²) in [7, 11) is 0. The Kier molecular flexibility index (Phi) is 4.83. The van der Waals surface area contributed by atoms with Crippen LogP contribution in [0.5, 0.6) is 0 Å². The molecule has 2 heterocycles. The second kappa shape index (κ2) is 7.21. The van der Waals surface area contributed by atoms with Crippen LogP contribution in [0.15, 0.2) is 48.7 Å². The van der Waals surface area contributed by atoms with E-state index in [1.54, 1.807) is 12.3 Å². The molecule has 3 rings (SSSR count). The van der Waals surface area contributed by atoms with Gasteiger partial charge in [-0.3, -0.25) is 9.88 Å². The largest absolute Gasteiger partial charge is 0.465 e. The molecule has 2 aromatic rings. The molecule has 1 atom stereocenters. The van der Waals surface area contributed by atoms with E-state index in [1.807, 2.05) is 36.4 Å². The molecule has 7 heteroatoms. The van der Waals surface area contributed by atoms with Gasteiger partial charge in [0.1, 0.15) is 0 Å². The van der Waals surface area contributed by atoms with E-state index in [4.69, 9.17) is 0 Å². The number of aromatic nitrogens is 1. The van der Waals surface area contributed by atoms with Crippen LogP contribution in [0.1, 0.15) is 22.9 Å². The number of hydrogen-bond acceptors (Lipinski definition) is 3. The summed E-state index contributed by atoms with van der Waals surface area (Å²) >= 11 is 0. The molecule has 1 aliphatic heterocycles. The first-order valence-corrected chi connectivity index (χ1v) is 8.01. The molecule has 1 aliphatic rings. The predicted octanol–water partition coefficient (Wildman–Crippen LogP) is 2.69. The minimum atomic E-state index is -1.05. The highest BCUT2D eigenvalue weighted by molar-refractivity contribution is 5.68. The van der Waals surface area contributed by atoms with Crippen molar-refractivity contribution < 1.29 is 19.8 Å². The van der Waals surface area contributed by atoms with Gasteiger partial charge in [0, 0.05) is 32.3 Å². The van der Waals surface area contributed by atoms with Gasteiger partial charge < -0.3 is 15.1 Å². The van der Waals surface area contributed by atoms with E-state index >= 15 is 0 Å². The zero-order valence-corrected chi connectivity index (χ0v) is 13.6. The zero-order valence-electron chi connectivity index (χ0n) is 13.6. The molecule has 0 bridgehead atoms. The first-order chi connectivity index (χ1) is 12.1. The summed E-state index contributed by atoms with van der Waals surface area (Å²) in [4.78, 5) is 29.9. The fourth-order valence-corrected chi connectivity index (χ4v) is 3.14. The average Bonchev–Trinajstić information content (AvgIpc) is 2.62. The molecule has 7 nitrogen and oxygen atoms in total. The summed E-state index contributed by atoms with van der Waals surface area (Å²) < 4.78 is 0. The Labute approximate surface area is 145 Å². The van der Waals surface area contributed by atoms with Crippen LogP contribution in [0.4, 0.5) is 9.59 Å². The minimum absolute atomic E-state index is 0.106. The molecule has 130 valence electrons. The van der Waals surface area contributed by atoms with Gasteiger partial charge in [-0.1, -0.05) is 36.4 Å². The number of pyridine rings is 1. The lowest BCUT2D eigenvalue weighted by Gasteiger charge is -2.39. The van der Waals surface area contributed by atoms with E-state index in [0.717, 1.165) is 16.8 Å². The molecule has 1 aromatic heterocycles. The van der Waals surface area contributed by atoms with Gasteiger partial charge in [0.2, 0.25) is 0 Å². The normalized spacial score (nSPS) is 17.4. The number of nitrogens with zero attached hydrogens (tertiary/aromatic N) is 3. The Morgan fingerprint density at radius 1 is 1.04 bits per heavy atom. The lowest BCUT2D eigenvalue weighted by Crippen LogP contribution is -2.52. The number of carboxylic acid groups (broad SMARTS) is 2. The minimum Gasteiger partial charge on any atom is -0.465 e. The van der Waals surface area contributed by atoms with E-state index in [2.05, 4.69) is 4.98 Å². The second-order valence-electron chi connectivity index (χ2n) is 5.92. The predicted molar refractivity (Wildman–Crippen MR) is 90.6 cm³/mol. The van der Waals surface area contributed by atoms with Crippen LogP contribution in [0.25, 0.3) is 0 Å². The van der Waals surface area contributed by atoms with Crippen molar-refractivity contribution in [1.29, 1.82) is 0 Å². The van der Waals surface area contributed by atoms with E-state index < -0.39 is 18.2 Å². The number of piperazine rings is 1. The highest BCUT2D eigenvalue weighted by Crippen LogP contribution is 2.28. The van der Waals surface area contributed by atoms with Crippen LogP contribution >= 0.6 is 0 Å². The zero-order chi connectivity index (χ0) is 17.8. The first-order valence-electron chi connectivity index (χ1n) is 8.01. The van der Waals surface area contributed by atoms with Gasteiger partial charge in [-0.15, -0.1) is 0 Å². The van der Waals surface area contributed by atoms with Gasteiger partial charge in [-0.2, -0.15) is 0 Å². The molecule has 0 spiro atoms. The quantitative estimate of drug-likeness (QED) is 0.895. The third-order valence-electron chi connectivity index (χ3n) is 4.40. The topological polar surface area (TPSA) is 94.0 Å². The second-order valence-corrected chi connectivity index (χ2v) is 5.92. The van der Waals surface area contributed by atoms with Gasteiger partial charge in [0.15, 0.2) is 0 Å². The molecule has 0 saturated carbocycles. The molecule has 1 saturated heterocycles. The molecule has 1 aromatic carbocycles. The van der Waals surface area contributed by atoms with Crippen LogP contribution in [-0.2, 0) is 6.42 Å². The molecule has 1 unspecified atom stereocenters. The van der Waals surface area contributed by atoms with Crippen LogP contribution in [-0.4, -0.2) is 56.8 Å². The van der Waals surface area contributed by atoms with Crippen LogP contribution in [0.2, 0.25) is 0 Å². The SMILES string of the molecule is O=C(O)N1CCN(C(=O)O)C(c2cccnc2Cc2ccccc2)C1. The maximum absolute atomic E-state index is 11.6. The summed E-state index contributed by atoms with van der Waals surface area (Å²) in [5.74, 6) is 0. The summed E-state index contributed by atoms with van der Waals surface area (Å²) in [6, 6.07) is 12.8. The monoisotopic (exact) mass is 341 g/mol. The molecular formula is C18H19N3O4. The van der Waals surface area contributed by atoms with Crippen LogP contribution < -0.4 is 0 Å². The molecule has 2 amide bonds. The summed E-state index contributed by atoms with van der Waals surface area (Å²) in [5, 5.41) is 18.8. The molecule has 2 N–H and O–H groups in total. The highest BCUT2D eigenvalue weighted by Gasteiger charge is 2.34. The van der Waals surface area contributed by atoms with Crippen molar-refractivity contribution in [2.75, 3.05) is 19.6 Å². The Morgan fingerprint density at radius 2 is 1.80 bits per heavy atom. The molecule has 0 radical (unpaired) electrons. The molecule has 25 heavy (non-hydrogen) atoms. The van der Waals surface area contributed by atoms with Crippen molar-refractivity contribution in [3.8, 4) is 0 Å². The standard InChI is InChI=1S/C18H19N3O4/c22-17(23)20-9-10-21(18(24)25)16(12-20)14-7-4-8-19-15(14)11-13-5-2-1-3-6-13/h1-8,16H,9-12H2,(H,22,23)(H,24,25). The third kappa shape index (κ3) is 3.71. The first kappa shape index (κ1) is 16.8. The molecule has 1 fully saturated rings. The molecule has 0 aliphatic carbocycles. The summed E-state index contributed by atoms with van der Waals surface area (Å²) in [5.41, 5.74) is 2.58. The maximum Gasteiger partial charge on any atom is 0.407 e. The fourth-order valence-electron chi connectivity index (χ4n) is 3.14. The smallest absolute Gasteiger partial charge is 0.407 e. The number of amides is 2. The number of rotatable bonds is 3. The van der Waals surface area contributed by atoms with E-state index in [1.165, 1.54) is 9.80 Å². The van der Waals surface area contributed by atoms with Crippen molar-refractivity contribution in [3.63, 3.8) is 0 Å². The van der Waals surface area contributed by atoms with E-state index in [0.29, 0.717) is 6.42 Å². The lowest BCUT2D eigenvalue weighted by atomic mass is 9.97. The van der Waals surface area contributed by atoms with Gasteiger partial charge in [-0.25, -0.2) is 9.59 Å². The van der Waals surface area contributed by atoms with Crippen LogP contribution in [0, 0.1) is 0 Å². The van der Waals surface area contributed by atoms with Gasteiger partial charge >= 0.3 is 12.2 Å². The summed E-state index contributed by atoms with van der Waals surface area (Å²) in [6.45, 7) is 0.424. The number of carbonyl (C=O) groups is 2. The highest BCUT2D eigenvalue weighted by atomic mass is 16.4. The van der Waals surface area contributed by atoms with Gasteiger partial charge in [0.25, 0.3) is 0 Å². The average molecular weight is 341 g/mol. The molecular weight excluding hydrogens is 322 g/mol. The Hall–Kier alpha value is -3.09. The van der Waals surface area contributed by atoms with E-state index in [9.17, 15) is 19.8 Å². The van der Waals surface area contributed by atoms with Crippen molar-refractivity contribution >= 4 is 12.2 Å². The van der Waals surface area contributed by atoms with Crippen molar-refractivity contribution in [1.82, 2.24) is 14.8 Å². The van der Waals surface area contributed by atoms with Crippen LogP contribution in [0.3, 0.4) is 0 Å². The fraction of sp³-hybridized carbons (Fsp3) is 0.278. The number of hydrogen-bond donors (Lipinski definition) is 2. The van der Waals surface area contributed by atoms with Crippen molar-refractivity contribution in [2.45, 2.75) is 12.5 Å². The maximum atomic E-state index is 11.6.